The van der Waals surface area contributed by atoms with Crippen molar-refractivity contribution in [3.63, 3.8) is 0 Å². The lowest BCUT2D eigenvalue weighted by atomic mass is 10.0. The normalized spacial score (nSPS) is 16.2. The summed E-state index contributed by atoms with van der Waals surface area (Å²) in [7, 11) is 0. The molecule has 6 heteroatoms. The van der Waals surface area contributed by atoms with Crippen LogP contribution >= 0.6 is 0 Å². The first-order chi connectivity index (χ1) is 15.7. The molecule has 1 atom stereocenters. The average Bonchev–Trinajstić information content (AvgIpc) is 2.78. The molecule has 33 heavy (non-hydrogen) atoms. The van der Waals surface area contributed by atoms with Crippen molar-refractivity contribution in [1.82, 2.24) is 10.3 Å². The predicted octanol–water partition coefficient (Wildman–Crippen LogP) is 4.20. The summed E-state index contributed by atoms with van der Waals surface area (Å²) < 4.78 is 15.1. The monoisotopic (exact) mass is 445 g/mol. The first kappa shape index (κ1) is 22.9. The Morgan fingerprint density at radius 3 is 2.79 bits per heavy atom. The van der Waals surface area contributed by atoms with Crippen molar-refractivity contribution in [2.75, 3.05) is 18.0 Å². The van der Waals surface area contributed by atoms with Gasteiger partial charge in [0.05, 0.1) is 11.6 Å². The van der Waals surface area contributed by atoms with Crippen molar-refractivity contribution in [3.8, 4) is 11.8 Å². The molecule has 1 fully saturated rings. The predicted molar refractivity (Wildman–Crippen MR) is 129 cm³/mol. The van der Waals surface area contributed by atoms with Crippen LogP contribution in [-0.2, 0) is 0 Å². The lowest BCUT2D eigenvalue weighted by molar-refractivity contribution is 0.0967. The number of hydrogen-bond donors (Lipinski definition) is 2. The Balaban J connectivity index is 1.80. The van der Waals surface area contributed by atoms with Crippen LogP contribution in [0, 0.1) is 24.6 Å². The van der Waals surface area contributed by atoms with Gasteiger partial charge in [-0.2, -0.15) is 0 Å². The Kier molecular flexibility index (Phi) is 6.46. The van der Waals surface area contributed by atoms with E-state index in [9.17, 15) is 9.90 Å². The van der Waals surface area contributed by atoms with Crippen LogP contribution in [-0.4, -0.2) is 40.7 Å². The Morgan fingerprint density at radius 1 is 1.27 bits per heavy atom. The number of fused-ring (bicyclic) bond motifs is 1. The lowest BCUT2D eigenvalue weighted by Gasteiger charge is -2.35. The van der Waals surface area contributed by atoms with Gasteiger partial charge >= 0.3 is 0 Å². The highest BCUT2D eigenvalue weighted by Gasteiger charge is 2.31. The van der Waals surface area contributed by atoms with Gasteiger partial charge in [-0.3, -0.25) is 9.69 Å². The van der Waals surface area contributed by atoms with E-state index in [0.717, 1.165) is 35.7 Å². The van der Waals surface area contributed by atoms with Gasteiger partial charge in [0.15, 0.2) is 0 Å². The molecule has 2 N–H and O–H groups in total. The molecule has 0 aliphatic carbocycles. The van der Waals surface area contributed by atoms with Gasteiger partial charge in [-0.25, -0.2) is 9.37 Å². The third-order valence-electron chi connectivity index (χ3n) is 5.77. The third kappa shape index (κ3) is 5.05. The molecule has 1 aromatic heterocycles. The highest BCUT2D eigenvalue weighted by Crippen LogP contribution is 2.31. The summed E-state index contributed by atoms with van der Waals surface area (Å²) in [5.41, 5.74) is 0.195. The molecule has 5 nitrogen and oxygen atoms in total. The van der Waals surface area contributed by atoms with E-state index in [2.05, 4.69) is 22.1 Å². The van der Waals surface area contributed by atoms with Crippen molar-refractivity contribution in [2.45, 2.75) is 45.3 Å². The SMILES string of the molecule is Cc1cccc2ccnc(N(C(=O)c3ccc(C#CC(C)(C)O)cc3F)[C@@H]3CCCNC3)c12. The molecule has 3 aromatic rings. The molecule has 1 aliphatic heterocycles. The van der Waals surface area contributed by atoms with Crippen LogP contribution in [0.5, 0.6) is 0 Å². The molecule has 1 saturated heterocycles. The molecule has 4 rings (SSSR count). The molecule has 0 radical (unpaired) electrons. The molecule has 0 bridgehead atoms. The summed E-state index contributed by atoms with van der Waals surface area (Å²) in [6.07, 6.45) is 3.42. The lowest BCUT2D eigenvalue weighted by Crippen LogP contribution is -2.49. The Labute approximate surface area is 193 Å². The fourth-order valence-electron chi connectivity index (χ4n) is 4.18. The number of piperidine rings is 1. The van der Waals surface area contributed by atoms with Crippen LogP contribution in [0.25, 0.3) is 10.8 Å². The summed E-state index contributed by atoms with van der Waals surface area (Å²) in [5, 5.41) is 15.0. The number of carbonyl (C=O) groups excluding carboxylic acids is 1. The highest BCUT2D eigenvalue weighted by molar-refractivity contribution is 6.11. The van der Waals surface area contributed by atoms with Gasteiger partial charge in [0, 0.05) is 23.7 Å². The maximum atomic E-state index is 15.1. The van der Waals surface area contributed by atoms with Gasteiger partial charge < -0.3 is 10.4 Å². The number of pyridine rings is 1. The summed E-state index contributed by atoms with van der Waals surface area (Å²) in [5.74, 6) is 4.91. The Bertz CT molecular complexity index is 1240. The van der Waals surface area contributed by atoms with Crippen molar-refractivity contribution >= 4 is 22.5 Å². The topological polar surface area (TPSA) is 65.5 Å². The smallest absolute Gasteiger partial charge is 0.262 e. The van der Waals surface area contributed by atoms with E-state index >= 15 is 4.39 Å². The number of rotatable bonds is 3. The number of nitrogens with one attached hydrogen (secondary N) is 1. The number of amides is 1. The molecule has 170 valence electrons. The maximum absolute atomic E-state index is 15.1. The number of nitrogens with zero attached hydrogens (tertiary/aromatic N) is 2. The minimum atomic E-state index is -1.19. The van der Waals surface area contributed by atoms with Crippen molar-refractivity contribution in [2.24, 2.45) is 0 Å². The van der Waals surface area contributed by atoms with Crippen molar-refractivity contribution in [3.05, 3.63) is 71.2 Å². The second-order valence-electron chi connectivity index (χ2n) is 8.99. The van der Waals surface area contributed by atoms with E-state index < -0.39 is 17.3 Å². The molecular formula is C27H28FN3O2. The van der Waals surface area contributed by atoms with Crippen LogP contribution < -0.4 is 10.2 Å². The summed E-state index contributed by atoms with van der Waals surface area (Å²) >= 11 is 0. The van der Waals surface area contributed by atoms with Crippen LogP contribution in [0.4, 0.5) is 10.2 Å². The van der Waals surface area contributed by atoms with E-state index in [0.29, 0.717) is 17.9 Å². The quantitative estimate of drug-likeness (QED) is 0.593. The number of hydrogen-bond acceptors (Lipinski definition) is 4. The van der Waals surface area contributed by atoms with Gasteiger partial charge in [-0.05, 0) is 75.4 Å². The summed E-state index contributed by atoms with van der Waals surface area (Å²) in [6, 6.07) is 12.1. The third-order valence-corrected chi connectivity index (χ3v) is 5.77. The van der Waals surface area contributed by atoms with E-state index in [1.165, 1.54) is 12.1 Å². The van der Waals surface area contributed by atoms with Crippen LogP contribution in [0.1, 0.15) is 48.2 Å². The van der Waals surface area contributed by atoms with E-state index in [1.807, 2.05) is 31.2 Å². The van der Waals surface area contributed by atoms with Crippen LogP contribution in [0.3, 0.4) is 0 Å². The Morgan fingerprint density at radius 2 is 2.09 bits per heavy atom. The van der Waals surface area contributed by atoms with Gasteiger partial charge in [0.2, 0.25) is 0 Å². The standard InChI is InChI=1S/C27H28FN3O2/c1-18-6-4-7-20-12-15-30-25(24(18)20)31(21-8-5-14-29-17-21)26(32)22-10-9-19(16-23(22)28)11-13-27(2,3)33/h4,6-7,9-10,12,15-16,21,29,33H,5,8,14,17H2,1-3H3/t21-/m1/s1. The van der Waals surface area contributed by atoms with E-state index in [-0.39, 0.29) is 11.6 Å². The number of aryl methyl sites for hydroxylation is 1. The zero-order valence-electron chi connectivity index (χ0n) is 19.2. The van der Waals surface area contributed by atoms with Crippen molar-refractivity contribution in [1.29, 1.82) is 0 Å². The zero-order chi connectivity index (χ0) is 23.6. The minimum Gasteiger partial charge on any atom is -0.378 e. The molecule has 1 aliphatic rings. The number of anilines is 1. The van der Waals surface area contributed by atoms with Gasteiger partial charge in [0.25, 0.3) is 5.91 Å². The Hall–Kier alpha value is -3.27. The summed E-state index contributed by atoms with van der Waals surface area (Å²) in [4.78, 5) is 20.0. The molecule has 1 amide bonds. The number of aromatic nitrogens is 1. The number of carbonyl (C=O) groups is 1. The fraction of sp³-hybridized carbons (Fsp3) is 0.333. The molecule has 0 unspecified atom stereocenters. The minimum absolute atomic E-state index is 0.0261. The average molecular weight is 446 g/mol. The first-order valence-electron chi connectivity index (χ1n) is 11.2. The fourth-order valence-corrected chi connectivity index (χ4v) is 4.18. The molecule has 0 saturated carbocycles. The second kappa shape index (κ2) is 9.30. The van der Waals surface area contributed by atoms with E-state index in [1.54, 1.807) is 31.0 Å². The number of aliphatic hydroxyl groups is 1. The summed E-state index contributed by atoms with van der Waals surface area (Å²) in [6.45, 7) is 6.62. The molecule has 0 spiro atoms. The van der Waals surface area contributed by atoms with Crippen LogP contribution in [0.2, 0.25) is 0 Å². The highest BCUT2D eigenvalue weighted by atomic mass is 19.1. The first-order valence-corrected chi connectivity index (χ1v) is 11.2. The maximum Gasteiger partial charge on any atom is 0.262 e. The number of halogens is 1. The van der Waals surface area contributed by atoms with Gasteiger partial charge in [0.1, 0.15) is 17.2 Å². The zero-order valence-corrected chi connectivity index (χ0v) is 19.2. The van der Waals surface area contributed by atoms with Crippen LogP contribution in [0.15, 0.2) is 48.7 Å². The van der Waals surface area contributed by atoms with Crippen molar-refractivity contribution < 1.29 is 14.3 Å². The second-order valence-corrected chi connectivity index (χ2v) is 8.99. The molecule has 2 heterocycles. The largest absolute Gasteiger partial charge is 0.378 e. The van der Waals surface area contributed by atoms with Gasteiger partial charge in [-0.15, -0.1) is 0 Å². The molecule has 2 aromatic carbocycles. The van der Waals surface area contributed by atoms with Gasteiger partial charge in [-0.1, -0.05) is 30.0 Å². The van der Waals surface area contributed by atoms with E-state index in [4.69, 9.17) is 0 Å². The number of benzene rings is 2. The molecular weight excluding hydrogens is 417 g/mol.